The molecule has 4 nitrogen and oxygen atoms in total. The van der Waals surface area contributed by atoms with Crippen molar-refractivity contribution in [1.82, 2.24) is 10.3 Å². The maximum Gasteiger partial charge on any atom is 0.216 e. The van der Waals surface area contributed by atoms with Crippen LogP contribution in [0, 0.1) is 11.7 Å². The van der Waals surface area contributed by atoms with Gasteiger partial charge >= 0.3 is 0 Å². The number of piperidine rings is 1. The van der Waals surface area contributed by atoms with Gasteiger partial charge in [-0.25, -0.2) is 4.39 Å². The van der Waals surface area contributed by atoms with E-state index in [2.05, 4.69) is 15.2 Å². The number of nitrogens with zero attached hydrogens (tertiary/aromatic N) is 2. The summed E-state index contributed by atoms with van der Waals surface area (Å²) in [6.07, 6.45) is 3.94. The van der Waals surface area contributed by atoms with Crippen LogP contribution in [-0.4, -0.2) is 30.5 Å². The van der Waals surface area contributed by atoms with Crippen LogP contribution in [-0.2, 0) is 4.79 Å². The normalized spacial score (nSPS) is 18.5. The zero-order valence-electron chi connectivity index (χ0n) is 12.7. The number of pyridine rings is 1. The van der Waals surface area contributed by atoms with Gasteiger partial charge in [0, 0.05) is 49.9 Å². The number of anilines is 1. The third-order valence-electron chi connectivity index (χ3n) is 4.18. The lowest BCUT2D eigenvalue weighted by atomic mass is 9.97. The molecule has 1 N–H and O–H groups in total. The molecule has 1 aromatic heterocycles. The van der Waals surface area contributed by atoms with Crippen molar-refractivity contribution >= 4 is 22.5 Å². The molecule has 3 rings (SSSR count). The maximum atomic E-state index is 13.4. The number of halogens is 1. The minimum atomic E-state index is -0.265. The standard InChI is InChI=1S/C17H20FN3O/c1-12(22)20-10-13-3-2-8-21(11-13)17-6-7-19-16-9-14(18)4-5-15(16)17/h4-7,9,13H,2-3,8,10-11H2,1H3,(H,20,22)/t13-/m0/s1. The van der Waals surface area contributed by atoms with Gasteiger partial charge in [0.05, 0.1) is 5.52 Å². The molecule has 1 aromatic carbocycles. The van der Waals surface area contributed by atoms with E-state index in [1.54, 1.807) is 19.2 Å². The van der Waals surface area contributed by atoms with Crippen molar-refractivity contribution in [1.29, 1.82) is 0 Å². The van der Waals surface area contributed by atoms with E-state index >= 15 is 0 Å². The van der Waals surface area contributed by atoms with Gasteiger partial charge in [-0.1, -0.05) is 0 Å². The molecule has 1 atom stereocenters. The van der Waals surface area contributed by atoms with E-state index in [9.17, 15) is 9.18 Å². The summed E-state index contributed by atoms with van der Waals surface area (Å²) in [5, 5.41) is 3.88. The molecule has 1 aliphatic rings. The second-order valence-electron chi connectivity index (χ2n) is 5.88. The molecule has 2 aromatic rings. The van der Waals surface area contributed by atoms with Crippen molar-refractivity contribution in [2.24, 2.45) is 5.92 Å². The summed E-state index contributed by atoms with van der Waals surface area (Å²) in [4.78, 5) is 17.6. The minimum Gasteiger partial charge on any atom is -0.371 e. The molecule has 0 saturated carbocycles. The Morgan fingerprint density at radius 2 is 2.32 bits per heavy atom. The highest BCUT2D eigenvalue weighted by Gasteiger charge is 2.21. The molecule has 1 amide bonds. The van der Waals surface area contributed by atoms with Gasteiger partial charge in [-0.3, -0.25) is 9.78 Å². The van der Waals surface area contributed by atoms with Crippen LogP contribution in [0.5, 0.6) is 0 Å². The number of carbonyl (C=O) groups excluding carboxylic acids is 1. The van der Waals surface area contributed by atoms with Gasteiger partial charge < -0.3 is 10.2 Å². The Hall–Kier alpha value is -2.17. The van der Waals surface area contributed by atoms with Gasteiger partial charge in [-0.15, -0.1) is 0 Å². The third kappa shape index (κ3) is 3.18. The van der Waals surface area contributed by atoms with Crippen molar-refractivity contribution < 1.29 is 9.18 Å². The zero-order chi connectivity index (χ0) is 15.5. The Labute approximate surface area is 129 Å². The fourth-order valence-electron chi connectivity index (χ4n) is 3.12. The van der Waals surface area contributed by atoms with Crippen molar-refractivity contribution in [3.63, 3.8) is 0 Å². The van der Waals surface area contributed by atoms with Gasteiger partial charge in [0.2, 0.25) is 5.91 Å². The van der Waals surface area contributed by atoms with E-state index in [0.29, 0.717) is 18.0 Å². The van der Waals surface area contributed by atoms with E-state index in [-0.39, 0.29) is 11.7 Å². The maximum absolute atomic E-state index is 13.4. The first kappa shape index (κ1) is 14.8. The molecule has 1 fully saturated rings. The molecule has 0 spiro atoms. The SMILES string of the molecule is CC(=O)NC[C@@H]1CCCN(c2ccnc3cc(F)ccc23)C1. The average molecular weight is 301 g/mol. The van der Waals surface area contributed by atoms with Crippen LogP contribution >= 0.6 is 0 Å². The summed E-state index contributed by atoms with van der Waals surface area (Å²) in [6, 6.07) is 6.73. The van der Waals surface area contributed by atoms with Crippen LogP contribution in [0.25, 0.3) is 10.9 Å². The van der Waals surface area contributed by atoms with Crippen LogP contribution in [0.1, 0.15) is 19.8 Å². The van der Waals surface area contributed by atoms with Gasteiger partial charge in [-0.05, 0) is 37.0 Å². The average Bonchev–Trinajstić information content (AvgIpc) is 2.52. The summed E-state index contributed by atoms with van der Waals surface area (Å²) in [6.45, 7) is 4.14. The number of carbonyl (C=O) groups is 1. The predicted molar refractivity (Wildman–Crippen MR) is 85.3 cm³/mol. The summed E-state index contributed by atoms with van der Waals surface area (Å²) >= 11 is 0. The first-order valence-electron chi connectivity index (χ1n) is 7.67. The number of amides is 1. The first-order chi connectivity index (χ1) is 10.6. The van der Waals surface area contributed by atoms with E-state index in [1.165, 1.54) is 12.1 Å². The molecule has 0 bridgehead atoms. The Balaban J connectivity index is 1.82. The quantitative estimate of drug-likeness (QED) is 0.948. The number of benzene rings is 1. The second kappa shape index (κ2) is 6.30. The summed E-state index contributed by atoms with van der Waals surface area (Å²) in [5.74, 6) is 0.197. The fourth-order valence-corrected chi connectivity index (χ4v) is 3.12. The van der Waals surface area contributed by atoms with E-state index < -0.39 is 0 Å². The Bertz CT molecular complexity index is 689. The number of rotatable bonds is 3. The van der Waals surface area contributed by atoms with Crippen LogP contribution in [0.2, 0.25) is 0 Å². The molecule has 5 heteroatoms. The van der Waals surface area contributed by atoms with Gasteiger partial charge in [0.25, 0.3) is 0 Å². The highest BCUT2D eigenvalue weighted by molar-refractivity contribution is 5.91. The summed E-state index contributed by atoms with van der Waals surface area (Å²) in [5.41, 5.74) is 1.78. The van der Waals surface area contributed by atoms with Crippen molar-refractivity contribution in [3.8, 4) is 0 Å². The second-order valence-corrected chi connectivity index (χ2v) is 5.88. The molecule has 2 heterocycles. The molecule has 116 valence electrons. The van der Waals surface area contributed by atoms with E-state index in [1.807, 2.05) is 6.07 Å². The highest BCUT2D eigenvalue weighted by atomic mass is 19.1. The molecule has 1 aliphatic heterocycles. The topological polar surface area (TPSA) is 45.2 Å². The van der Waals surface area contributed by atoms with E-state index in [4.69, 9.17) is 0 Å². The Kier molecular flexibility index (Phi) is 4.22. The molecular formula is C17H20FN3O. The predicted octanol–water partition coefficient (Wildman–Crippen LogP) is 2.73. The Morgan fingerprint density at radius 3 is 3.14 bits per heavy atom. The van der Waals surface area contributed by atoms with Crippen molar-refractivity contribution in [2.45, 2.75) is 19.8 Å². The van der Waals surface area contributed by atoms with Gasteiger partial charge in [0.1, 0.15) is 5.82 Å². The molecule has 0 aliphatic carbocycles. The van der Waals surface area contributed by atoms with Gasteiger partial charge in [-0.2, -0.15) is 0 Å². The number of hydrogen-bond donors (Lipinski definition) is 1. The molecule has 22 heavy (non-hydrogen) atoms. The van der Waals surface area contributed by atoms with Crippen LogP contribution in [0.3, 0.4) is 0 Å². The van der Waals surface area contributed by atoms with Crippen LogP contribution < -0.4 is 10.2 Å². The number of nitrogens with one attached hydrogen (secondary N) is 1. The van der Waals surface area contributed by atoms with Gasteiger partial charge in [0.15, 0.2) is 0 Å². The number of aromatic nitrogens is 1. The number of hydrogen-bond acceptors (Lipinski definition) is 3. The molecular weight excluding hydrogens is 281 g/mol. The monoisotopic (exact) mass is 301 g/mol. The first-order valence-corrected chi connectivity index (χ1v) is 7.67. The van der Waals surface area contributed by atoms with E-state index in [0.717, 1.165) is 37.0 Å². The molecule has 0 unspecified atom stereocenters. The molecule has 1 saturated heterocycles. The minimum absolute atomic E-state index is 0.0157. The smallest absolute Gasteiger partial charge is 0.216 e. The summed E-state index contributed by atoms with van der Waals surface area (Å²) in [7, 11) is 0. The Morgan fingerprint density at radius 1 is 1.45 bits per heavy atom. The lowest BCUT2D eigenvalue weighted by Gasteiger charge is -2.35. The molecule has 0 radical (unpaired) electrons. The zero-order valence-corrected chi connectivity index (χ0v) is 12.7. The van der Waals surface area contributed by atoms with Crippen molar-refractivity contribution in [2.75, 3.05) is 24.5 Å². The lowest BCUT2D eigenvalue weighted by molar-refractivity contribution is -0.119. The van der Waals surface area contributed by atoms with Crippen LogP contribution in [0.4, 0.5) is 10.1 Å². The fraction of sp³-hybridized carbons (Fsp3) is 0.412. The summed E-state index contributed by atoms with van der Waals surface area (Å²) < 4.78 is 13.4. The van der Waals surface area contributed by atoms with Crippen molar-refractivity contribution in [3.05, 3.63) is 36.3 Å². The largest absolute Gasteiger partial charge is 0.371 e. The highest BCUT2D eigenvalue weighted by Crippen LogP contribution is 2.29. The lowest BCUT2D eigenvalue weighted by Crippen LogP contribution is -2.40. The van der Waals surface area contributed by atoms with Crippen LogP contribution in [0.15, 0.2) is 30.5 Å². The number of fused-ring (bicyclic) bond motifs is 1. The third-order valence-corrected chi connectivity index (χ3v) is 4.18.